The van der Waals surface area contributed by atoms with E-state index >= 15 is 0 Å². The molecule has 0 heterocycles. The second kappa shape index (κ2) is 5.63. The molecule has 0 aliphatic rings. The van der Waals surface area contributed by atoms with Crippen molar-refractivity contribution in [3.8, 4) is 0 Å². The molecule has 0 aliphatic carbocycles. The zero-order valence-electron chi connectivity index (χ0n) is 10.2. The Balaban J connectivity index is 2.11. The molecule has 0 atom stereocenters. The van der Waals surface area contributed by atoms with E-state index in [-0.39, 0.29) is 0 Å². The summed E-state index contributed by atoms with van der Waals surface area (Å²) in [5.74, 6) is -1.14. The molecular formula is C15H15F2N. The van der Waals surface area contributed by atoms with Gasteiger partial charge >= 0.3 is 0 Å². The van der Waals surface area contributed by atoms with Crippen molar-refractivity contribution in [1.82, 2.24) is 0 Å². The number of hydrogen-bond donors (Lipinski definition) is 1. The molecule has 94 valence electrons. The van der Waals surface area contributed by atoms with Gasteiger partial charge in [0.25, 0.3) is 0 Å². The van der Waals surface area contributed by atoms with Gasteiger partial charge in [0.1, 0.15) is 11.6 Å². The Kier molecular flexibility index (Phi) is 3.92. The van der Waals surface area contributed by atoms with Crippen LogP contribution in [0.2, 0.25) is 0 Å². The first-order valence-corrected chi connectivity index (χ1v) is 5.96. The highest BCUT2D eigenvalue weighted by Crippen LogP contribution is 2.16. The molecule has 0 bridgehead atoms. The van der Waals surface area contributed by atoms with Crippen molar-refractivity contribution >= 4 is 5.69 Å². The number of aryl methyl sites for hydroxylation is 1. The minimum absolute atomic E-state index is 0.457. The zero-order valence-corrected chi connectivity index (χ0v) is 10.2. The average Bonchev–Trinajstić information content (AvgIpc) is 2.35. The quantitative estimate of drug-likeness (QED) is 0.856. The highest BCUT2D eigenvalue weighted by molar-refractivity contribution is 5.45. The van der Waals surface area contributed by atoms with Crippen molar-refractivity contribution in [3.63, 3.8) is 0 Å². The first kappa shape index (κ1) is 12.6. The molecule has 2 aromatic rings. The summed E-state index contributed by atoms with van der Waals surface area (Å²) >= 11 is 0. The van der Waals surface area contributed by atoms with Gasteiger partial charge in [0.15, 0.2) is 0 Å². The lowest BCUT2D eigenvalue weighted by molar-refractivity contribution is 0.584. The van der Waals surface area contributed by atoms with Crippen molar-refractivity contribution in [2.75, 3.05) is 5.32 Å². The summed E-state index contributed by atoms with van der Waals surface area (Å²) in [5, 5.41) is 3.04. The van der Waals surface area contributed by atoms with Gasteiger partial charge in [-0.3, -0.25) is 0 Å². The van der Waals surface area contributed by atoms with Crippen LogP contribution in [0.3, 0.4) is 0 Å². The SMILES string of the molecule is CCc1ccccc1CNc1cc(F)cc(F)c1. The molecule has 0 aliphatic heterocycles. The molecule has 0 spiro atoms. The van der Waals surface area contributed by atoms with E-state index < -0.39 is 11.6 Å². The highest BCUT2D eigenvalue weighted by atomic mass is 19.1. The van der Waals surface area contributed by atoms with Crippen molar-refractivity contribution in [2.45, 2.75) is 19.9 Å². The van der Waals surface area contributed by atoms with E-state index in [1.807, 2.05) is 18.2 Å². The van der Waals surface area contributed by atoms with Gasteiger partial charge in [-0.1, -0.05) is 31.2 Å². The van der Waals surface area contributed by atoms with E-state index in [1.54, 1.807) is 0 Å². The second-order valence-corrected chi connectivity index (χ2v) is 4.13. The largest absolute Gasteiger partial charge is 0.381 e. The molecule has 0 fully saturated rings. The number of anilines is 1. The summed E-state index contributed by atoms with van der Waals surface area (Å²) in [6.07, 6.45) is 0.940. The molecule has 0 amide bonds. The van der Waals surface area contributed by atoms with Crippen molar-refractivity contribution in [3.05, 3.63) is 65.2 Å². The fraction of sp³-hybridized carbons (Fsp3) is 0.200. The van der Waals surface area contributed by atoms with E-state index in [0.717, 1.165) is 18.1 Å². The highest BCUT2D eigenvalue weighted by Gasteiger charge is 2.02. The van der Waals surface area contributed by atoms with Gasteiger partial charge in [-0.05, 0) is 29.7 Å². The van der Waals surface area contributed by atoms with Crippen LogP contribution in [0, 0.1) is 11.6 Å². The third kappa shape index (κ3) is 3.06. The lowest BCUT2D eigenvalue weighted by Crippen LogP contribution is -2.03. The molecule has 2 aromatic carbocycles. The van der Waals surface area contributed by atoms with E-state index in [9.17, 15) is 8.78 Å². The van der Waals surface area contributed by atoms with Crippen LogP contribution in [-0.2, 0) is 13.0 Å². The van der Waals surface area contributed by atoms with Gasteiger partial charge in [0.2, 0.25) is 0 Å². The van der Waals surface area contributed by atoms with Crippen LogP contribution >= 0.6 is 0 Å². The lowest BCUT2D eigenvalue weighted by atomic mass is 10.1. The summed E-state index contributed by atoms with van der Waals surface area (Å²) in [7, 11) is 0. The molecule has 1 N–H and O–H groups in total. The first-order valence-electron chi connectivity index (χ1n) is 5.96. The Hall–Kier alpha value is -1.90. The average molecular weight is 247 g/mol. The maximum Gasteiger partial charge on any atom is 0.128 e. The van der Waals surface area contributed by atoms with Crippen molar-refractivity contribution < 1.29 is 8.78 Å². The van der Waals surface area contributed by atoms with Gasteiger partial charge in [0, 0.05) is 18.3 Å². The molecule has 0 saturated heterocycles. The monoisotopic (exact) mass is 247 g/mol. The van der Waals surface area contributed by atoms with Crippen LogP contribution in [0.25, 0.3) is 0 Å². The Morgan fingerprint density at radius 2 is 1.56 bits per heavy atom. The standard InChI is InChI=1S/C15H15F2N/c1-2-11-5-3-4-6-12(11)10-18-15-8-13(16)7-14(17)9-15/h3-9,18H,2,10H2,1H3. The van der Waals surface area contributed by atoms with E-state index in [2.05, 4.69) is 18.3 Å². The van der Waals surface area contributed by atoms with Crippen molar-refractivity contribution in [2.24, 2.45) is 0 Å². The molecule has 0 unspecified atom stereocenters. The van der Waals surface area contributed by atoms with Gasteiger partial charge in [0.05, 0.1) is 0 Å². The van der Waals surface area contributed by atoms with E-state index in [4.69, 9.17) is 0 Å². The predicted octanol–water partition coefficient (Wildman–Crippen LogP) is 4.14. The second-order valence-electron chi connectivity index (χ2n) is 4.13. The number of hydrogen-bond acceptors (Lipinski definition) is 1. The summed E-state index contributed by atoms with van der Waals surface area (Å²) in [5.41, 5.74) is 2.84. The molecule has 0 radical (unpaired) electrons. The van der Waals surface area contributed by atoms with E-state index in [0.29, 0.717) is 12.2 Å². The zero-order chi connectivity index (χ0) is 13.0. The Morgan fingerprint density at radius 1 is 0.944 bits per heavy atom. The first-order chi connectivity index (χ1) is 8.69. The van der Waals surface area contributed by atoms with Gasteiger partial charge in [-0.2, -0.15) is 0 Å². The maximum absolute atomic E-state index is 13.0. The molecule has 0 aromatic heterocycles. The third-order valence-electron chi connectivity index (χ3n) is 2.84. The van der Waals surface area contributed by atoms with Crippen LogP contribution in [0.4, 0.5) is 14.5 Å². The van der Waals surface area contributed by atoms with Crippen LogP contribution < -0.4 is 5.32 Å². The number of halogens is 2. The third-order valence-corrected chi connectivity index (χ3v) is 2.84. The summed E-state index contributed by atoms with van der Waals surface area (Å²) in [4.78, 5) is 0. The topological polar surface area (TPSA) is 12.0 Å². The fourth-order valence-corrected chi connectivity index (χ4v) is 1.93. The van der Waals surface area contributed by atoms with Crippen LogP contribution in [0.15, 0.2) is 42.5 Å². The minimum Gasteiger partial charge on any atom is -0.381 e. The smallest absolute Gasteiger partial charge is 0.128 e. The Bertz CT molecular complexity index is 518. The number of nitrogens with one attached hydrogen (secondary N) is 1. The van der Waals surface area contributed by atoms with Gasteiger partial charge < -0.3 is 5.32 Å². The number of rotatable bonds is 4. The Morgan fingerprint density at radius 3 is 2.17 bits per heavy atom. The Labute approximate surface area is 105 Å². The predicted molar refractivity (Wildman–Crippen MR) is 69.5 cm³/mol. The normalized spacial score (nSPS) is 10.4. The summed E-state index contributed by atoms with van der Waals surface area (Å²) in [6.45, 7) is 2.65. The van der Waals surface area contributed by atoms with Gasteiger partial charge in [-0.25, -0.2) is 8.78 Å². The minimum atomic E-state index is -0.568. The molecule has 1 nitrogen and oxygen atoms in total. The summed E-state index contributed by atoms with van der Waals surface area (Å²) < 4.78 is 26.0. The number of benzene rings is 2. The van der Waals surface area contributed by atoms with Crippen LogP contribution in [-0.4, -0.2) is 0 Å². The van der Waals surface area contributed by atoms with Crippen molar-refractivity contribution in [1.29, 1.82) is 0 Å². The summed E-state index contributed by atoms with van der Waals surface area (Å²) in [6, 6.07) is 11.5. The van der Waals surface area contributed by atoms with Gasteiger partial charge in [-0.15, -0.1) is 0 Å². The molecule has 18 heavy (non-hydrogen) atoms. The van der Waals surface area contributed by atoms with E-state index in [1.165, 1.54) is 17.7 Å². The fourth-order valence-electron chi connectivity index (χ4n) is 1.93. The van der Waals surface area contributed by atoms with Crippen LogP contribution in [0.1, 0.15) is 18.1 Å². The molecule has 3 heteroatoms. The van der Waals surface area contributed by atoms with Crippen LogP contribution in [0.5, 0.6) is 0 Å². The molecule has 0 saturated carbocycles. The molecule has 2 rings (SSSR count). The molecular weight excluding hydrogens is 232 g/mol. The lowest BCUT2D eigenvalue weighted by Gasteiger charge is -2.10. The maximum atomic E-state index is 13.0.